The fourth-order valence-corrected chi connectivity index (χ4v) is 3.77. The van der Waals surface area contributed by atoms with E-state index in [2.05, 4.69) is 20.9 Å². The van der Waals surface area contributed by atoms with Crippen molar-refractivity contribution >= 4 is 21.6 Å². The predicted octanol–water partition coefficient (Wildman–Crippen LogP) is 6.27. The average molecular weight is 435 g/mol. The lowest BCUT2D eigenvalue weighted by Gasteiger charge is -2.13. The van der Waals surface area contributed by atoms with Crippen molar-refractivity contribution in [2.45, 2.75) is 19.5 Å². The second-order valence-electron chi connectivity index (χ2n) is 6.25. The van der Waals surface area contributed by atoms with Gasteiger partial charge in [-0.25, -0.2) is 4.98 Å². The number of alkyl halides is 3. The van der Waals surface area contributed by atoms with Crippen LogP contribution in [0.25, 0.3) is 17.1 Å². The van der Waals surface area contributed by atoms with Gasteiger partial charge in [-0.2, -0.15) is 13.2 Å². The Morgan fingerprint density at radius 2 is 1.93 bits per heavy atom. The number of furan rings is 1. The van der Waals surface area contributed by atoms with Crippen molar-refractivity contribution in [3.05, 3.63) is 81.8 Å². The summed E-state index contributed by atoms with van der Waals surface area (Å²) in [5.74, 6) is 0.522. The summed E-state index contributed by atoms with van der Waals surface area (Å²) >= 11 is 3.46. The van der Waals surface area contributed by atoms with E-state index in [-0.39, 0.29) is 12.0 Å². The molecule has 0 aliphatic heterocycles. The van der Waals surface area contributed by atoms with Gasteiger partial charge in [0.1, 0.15) is 11.3 Å². The maximum absolute atomic E-state index is 13.4. The molecular formula is C20H14BrF3N2O. The second-order valence-corrected chi connectivity index (χ2v) is 7.17. The predicted molar refractivity (Wildman–Crippen MR) is 99.6 cm³/mol. The van der Waals surface area contributed by atoms with Gasteiger partial charge in [-0.3, -0.25) is 0 Å². The van der Waals surface area contributed by atoms with Gasteiger partial charge in [0.15, 0.2) is 5.76 Å². The first-order chi connectivity index (χ1) is 12.8. The molecule has 3 heterocycles. The molecule has 138 valence electrons. The Bertz CT molecular complexity index is 1110. The number of halogens is 4. The van der Waals surface area contributed by atoms with E-state index in [1.165, 1.54) is 18.4 Å². The van der Waals surface area contributed by atoms with Crippen LogP contribution >= 0.6 is 15.9 Å². The molecule has 0 bridgehead atoms. The molecule has 27 heavy (non-hydrogen) atoms. The van der Waals surface area contributed by atoms with Crippen molar-refractivity contribution in [2.24, 2.45) is 0 Å². The van der Waals surface area contributed by atoms with Gasteiger partial charge in [-0.15, -0.1) is 0 Å². The molecule has 0 atom stereocenters. The maximum atomic E-state index is 13.4. The Hall–Kier alpha value is -2.54. The average Bonchev–Trinajstić information content (AvgIpc) is 3.23. The van der Waals surface area contributed by atoms with E-state index >= 15 is 0 Å². The molecule has 0 fully saturated rings. The van der Waals surface area contributed by atoms with E-state index in [1.54, 1.807) is 18.2 Å². The number of hydrogen-bond donors (Lipinski definition) is 0. The third-order valence-electron chi connectivity index (χ3n) is 4.40. The summed E-state index contributed by atoms with van der Waals surface area (Å²) in [6, 6.07) is 11.0. The standard InChI is InChI=1S/C20H14BrF3N2O/c1-12-9-14(21)11-26-16(18(25-19(12)26)17-7-4-8-27-17)10-13-5-2-3-6-15(13)20(22,23)24/h2-9,11H,10H2,1H3. The fourth-order valence-electron chi connectivity index (χ4n) is 3.23. The van der Waals surface area contributed by atoms with Crippen LogP contribution in [0.3, 0.4) is 0 Å². The minimum Gasteiger partial charge on any atom is -0.463 e. The summed E-state index contributed by atoms with van der Waals surface area (Å²) < 4.78 is 48.5. The van der Waals surface area contributed by atoms with Gasteiger partial charge in [-0.1, -0.05) is 18.2 Å². The zero-order valence-corrected chi connectivity index (χ0v) is 15.8. The molecule has 3 aromatic heterocycles. The number of aryl methyl sites for hydroxylation is 1. The highest BCUT2D eigenvalue weighted by Crippen LogP contribution is 2.35. The zero-order chi connectivity index (χ0) is 19.2. The smallest absolute Gasteiger partial charge is 0.416 e. The summed E-state index contributed by atoms with van der Waals surface area (Å²) in [6.07, 6.45) is -1.01. The third-order valence-corrected chi connectivity index (χ3v) is 4.84. The van der Waals surface area contributed by atoms with Crippen molar-refractivity contribution in [1.82, 2.24) is 9.38 Å². The lowest BCUT2D eigenvalue weighted by Crippen LogP contribution is -2.10. The highest BCUT2D eigenvalue weighted by Gasteiger charge is 2.33. The van der Waals surface area contributed by atoms with E-state index in [0.717, 1.165) is 16.1 Å². The monoisotopic (exact) mass is 434 g/mol. The minimum atomic E-state index is -4.42. The summed E-state index contributed by atoms with van der Waals surface area (Å²) in [5.41, 5.74) is 2.32. The number of pyridine rings is 1. The van der Waals surface area contributed by atoms with Gasteiger partial charge in [0.2, 0.25) is 0 Å². The Balaban J connectivity index is 1.95. The second kappa shape index (κ2) is 6.56. The third kappa shape index (κ3) is 3.27. The van der Waals surface area contributed by atoms with Gasteiger partial charge in [0, 0.05) is 17.1 Å². The van der Waals surface area contributed by atoms with Crippen molar-refractivity contribution in [2.75, 3.05) is 0 Å². The fraction of sp³-hybridized carbons (Fsp3) is 0.150. The van der Waals surface area contributed by atoms with Crippen molar-refractivity contribution in [3.63, 3.8) is 0 Å². The Kier molecular flexibility index (Phi) is 4.34. The molecule has 0 saturated carbocycles. The lowest BCUT2D eigenvalue weighted by atomic mass is 10.0. The SMILES string of the molecule is Cc1cc(Br)cn2c(Cc3ccccc3C(F)(F)F)c(-c3ccco3)nc12. The van der Waals surface area contributed by atoms with E-state index < -0.39 is 11.7 Å². The minimum absolute atomic E-state index is 0.0722. The van der Waals surface area contributed by atoms with E-state index in [0.29, 0.717) is 22.8 Å². The Morgan fingerprint density at radius 3 is 2.63 bits per heavy atom. The molecule has 0 amide bonds. The van der Waals surface area contributed by atoms with Gasteiger partial charge in [0.05, 0.1) is 17.5 Å². The van der Waals surface area contributed by atoms with Crippen LogP contribution in [-0.2, 0) is 12.6 Å². The van der Waals surface area contributed by atoms with Crippen LogP contribution in [0.15, 0.2) is 63.8 Å². The van der Waals surface area contributed by atoms with Crippen LogP contribution in [0.4, 0.5) is 13.2 Å². The van der Waals surface area contributed by atoms with Crippen LogP contribution in [0.5, 0.6) is 0 Å². The molecule has 1 aromatic carbocycles. The molecular weight excluding hydrogens is 421 g/mol. The highest BCUT2D eigenvalue weighted by atomic mass is 79.9. The number of benzene rings is 1. The van der Waals surface area contributed by atoms with Crippen molar-refractivity contribution in [3.8, 4) is 11.5 Å². The van der Waals surface area contributed by atoms with E-state index in [1.807, 2.05) is 23.6 Å². The van der Waals surface area contributed by atoms with Gasteiger partial charge >= 0.3 is 6.18 Å². The molecule has 0 unspecified atom stereocenters. The number of rotatable bonds is 3. The number of fused-ring (bicyclic) bond motifs is 1. The topological polar surface area (TPSA) is 30.4 Å². The first-order valence-corrected chi connectivity index (χ1v) is 9.00. The normalized spacial score (nSPS) is 12.0. The quantitative estimate of drug-likeness (QED) is 0.380. The molecule has 3 nitrogen and oxygen atoms in total. The largest absolute Gasteiger partial charge is 0.463 e. The Morgan fingerprint density at radius 1 is 1.15 bits per heavy atom. The summed E-state index contributed by atoms with van der Waals surface area (Å²) in [4.78, 5) is 4.65. The first kappa shape index (κ1) is 17.9. The number of imidazole rings is 1. The summed E-state index contributed by atoms with van der Waals surface area (Å²) in [5, 5.41) is 0. The van der Waals surface area contributed by atoms with Crippen molar-refractivity contribution < 1.29 is 17.6 Å². The zero-order valence-electron chi connectivity index (χ0n) is 14.2. The number of nitrogens with zero attached hydrogens (tertiary/aromatic N) is 2. The highest BCUT2D eigenvalue weighted by molar-refractivity contribution is 9.10. The van der Waals surface area contributed by atoms with Gasteiger partial charge < -0.3 is 8.82 Å². The Labute approximate surface area is 161 Å². The molecule has 0 aliphatic carbocycles. The molecule has 0 aliphatic rings. The molecule has 7 heteroatoms. The van der Waals surface area contributed by atoms with E-state index in [9.17, 15) is 13.2 Å². The number of aromatic nitrogens is 2. The molecule has 0 N–H and O–H groups in total. The molecule has 4 rings (SSSR count). The summed E-state index contributed by atoms with van der Waals surface area (Å²) in [7, 11) is 0. The van der Waals surface area contributed by atoms with Crippen LogP contribution in [0, 0.1) is 6.92 Å². The van der Waals surface area contributed by atoms with Crippen LogP contribution in [-0.4, -0.2) is 9.38 Å². The van der Waals surface area contributed by atoms with Crippen LogP contribution < -0.4 is 0 Å². The molecule has 4 aromatic rings. The number of hydrogen-bond acceptors (Lipinski definition) is 2. The van der Waals surface area contributed by atoms with E-state index in [4.69, 9.17) is 4.42 Å². The van der Waals surface area contributed by atoms with Gasteiger partial charge in [0.25, 0.3) is 0 Å². The summed E-state index contributed by atoms with van der Waals surface area (Å²) in [6.45, 7) is 1.91. The molecule has 0 saturated heterocycles. The first-order valence-electron chi connectivity index (χ1n) is 8.20. The molecule has 0 spiro atoms. The van der Waals surface area contributed by atoms with Crippen LogP contribution in [0.1, 0.15) is 22.4 Å². The van der Waals surface area contributed by atoms with Crippen molar-refractivity contribution in [1.29, 1.82) is 0 Å². The maximum Gasteiger partial charge on any atom is 0.416 e. The lowest BCUT2D eigenvalue weighted by molar-refractivity contribution is -0.138. The molecule has 0 radical (unpaired) electrons. The van der Waals surface area contributed by atoms with Gasteiger partial charge in [-0.05, 0) is 58.2 Å². The van der Waals surface area contributed by atoms with Crippen LogP contribution in [0.2, 0.25) is 0 Å².